The summed E-state index contributed by atoms with van der Waals surface area (Å²) >= 11 is 19.5. The highest BCUT2D eigenvalue weighted by Crippen LogP contribution is 2.56. The minimum atomic E-state index is -3.34. The number of aromatic nitrogens is 3. The van der Waals surface area contributed by atoms with Crippen molar-refractivity contribution in [3.05, 3.63) is 92.4 Å². The lowest BCUT2D eigenvalue weighted by Crippen LogP contribution is -2.14. The third-order valence-corrected chi connectivity index (χ3v) is 9.12. The van der Waals surface area contributed by atoms with Crippen LogP contribution in [0.15, 0.2) is 64.1 Å². The average molecular weight is 591 g/mol. The Labute approximate surface area is 235 Å². The number of ketones is 1. The van der Waals surface area contributed by atoms with Crippen LogP contribution in [0, 0.1) is 0 Å². The maximum atomic E-state index is 12.7. The fourth-order valence-corrected chi connectivity index (χ4v) is 6.32. The maximum Gasteiger partial charge on any atom is 0.258 e. The standard InChI is InChI=1S/C27H22Cl3N3O4S/c1-2-38(35,36)21-7-6-19(31-15-21)14-20(34)10-16-11-22(29)24(23(30)12-16)27(8-9-27)26-32-25(37-33-26)17-4-3-5-18(28)13-17/h3-7,11-13,15H,2,8-10,14H2,1H3. The van der Waals surface area contributed by atoms with Crippen molar-refractivity contribution < 1.29 is 17.7 Å². The van der Waals surface area contributed by atoms with Gasteiger partial charge < -0.3 is 4.52 Å². The molecule has 4 aromatic rings. The Balaban J connectivity index is 1.32. The predicted molar refractivity (Wildman–Crippen MR) is 146 cm³/mol. The summed E-state index contributed by atoms with van der Waals surface area (Å²) in [6, 6.07) is 13.7. The molecule has 0 spiro atoms. The molecule has 0 radical (unpaired) electrons. The van der Waals surface area contributed by atoms with Crippen LogP contribution in [-0.2, 0) is 32.9 Å². The third-order valence-electron chi connectivity index (χ3n) is 6.57. The van der Waals surface area contributed by atoms with E-state index in [-0.39, 0.29) is 29.3 Å². The molecule has 0 amide bonds. The van der Waals surface area contributed by atoms with Crippen LogP contribution in [0.25, 0.3) is 11.5 Å². The van der Waals surface area contributed by atoms with E-state index in [0.29, 0.717) is 49.2 Å². The Kier molecular flexibility index (Phi) is 7.35. The van der Waals surface area contributed by atoms with Gasteiger partial charge in [-0.15, -0.1) is 0 Å². The highest BCUT2D eigenvalue weighted by molar-refractivity contribution is 7.91. The quantitative estimate of drug-likeness (QED) is 0.225. The monoisotopic (exact) mass is 589 g/mol. The van der Waals surface area contributed by atoms with E-state index >= 15 is 0 Å². The average Bonchev–Trinajstić information content (AvgIpc) is 3.50. The topological polar surface area (TPSA) is 103 Å². The molecule has 2 aromatic carbocycles. The molecule has 1 fully saturated rings. The van der Waals surface area contributed by atoms with E-state index in [1.165, 1.54) is 12.3 Å². The number of benzene rings is 2. The zero-order chi connectivity index (χ0) is 27.1. The fourth-order valence-electron chi connectivity index (χ4n) is 4.41. The van der Waals surface area contributed by atoms with E-state index in [1.54, 1.807) is 37.3 Å². The van der Waals surface area contributed by atoms with Gasteiger partial charge in [0.1, 0.15) is 5.78 Å². The molecule has 7 nitrogen and oxygen atoms in total. The lowest BCUT2D eigenvalue weighted by Gasteiger charge is -2.16. The first-order valence-corrected chi connectivity index (χ1v) is 14.7. The van der Waals surface area contributed by atoms with Crippen LogP contribution >= 0.6 is 34.8 Å². The van der Waals surface area contributed by atoms with Gasteiger partial charge in [0.05, 0.1) is 16.1 Å². The molecule has 0 unspecified atom stereocenters. The lowest BCUT2D eigenvalue weighted by atomic mass is 9.92. The number of halogens is 3. The molecule has 1 aliphatic rings. The van der Waals surface area contributed by atoms with Gasteiger partial charge in [0.25, 0.3) is 5.89 Å². The van der Waals surface area contributed by atoms with Crippen molar-refractivity contribution in [2.75, 3.05) is 5.75 Å². The fraction of sp³-hybridized carbons (Fsp3) is 0.259. The summed E-state index contributed by atoms with van der Waals surface area (Å²) in [4.78, 5) is 21.6. The number of hydrogen-bond donors (Lipinski definition) is 0. The number of Topliss-reactive ketones (excluding diaryl/α,β-unsaturated/α-hetero) is 1. The van der Waals surface area contributed by atoms with Gasteiger partial charge in [-0.2, -0.15) is 4.98 Å². The Morgan fingerprint density at radius 1 is 1.03 bits per heavy atom. The maximum absolute atomic E-state index is 12.7. The zero-order valence-electron chi connectivity index (χ0n) is 20.2. The number of carbonyl (C=O) groups excluding carboxylic acids is 1. The SMILES string of the molecule is CCS(=O)(=O)c1ccc(CC(=O)Cc2cc(Cl)c(C3(c4noc(-c5cccc(Cl)c5)n4)CC3)c(Cl)c2)nc1. The summed E-state index contributed by atoms with van der Waals surface area (Å²) in [5.74, 6) is 0.743. The predicted octanol–water partition coefficient (Wildman–Crippen LogP) is 6.32. The van der Waals surface area contributed by atoms with E-state index in [1.807, 2.05) is 12.1 Å². The Morgan fingerprint density at radius 3 is 2.37 bits per heavy atom. The van der Waals surface area contributed by atoms with Gasteiger partial charge >= 0.3 is 0 Å². The summed E-state index contributed by atoms with van der Waals surface area (Å²) in [5, 5.41) is 5.64. The van der Waals surface area contributed by atoms with Gasteiger partial charge in [-0.3, -0.25) is 9.78 Å². The summed E-state index contributed by atoms with van der Waals surface area (Å²) < 4.78 is 29.4. The van der Waals surface area contributed by atoms with E-state index < -0.39 is 15.3 Å². The molecule has 0 atom stereocenters. The Hall–Kier alpha value is -2.78. The molecule has 0 aliphatic heterocycles. The molecule has 38 heavy (non-hydrogen) atoms. The normalized spacial score (nSPS) is 14.4. The van der Waals surface area contributed by atoms with Gasteiger partial charge in [0.15, 0.2) is 15.7 Å². The van der Waals surface area contributed by atoms with Crippen molar-refractivity contribution in [3.8, 4) is 11.5 Å². The van der Waals surface area contributed by atoms with Crippen LogP contribution < -0.4 is 0 Å². The van der Waals surface area contributed by atoms with Crippen LogP contribution in [0.2, 0.25) is 15.1 Å². The molecule has 0 saturated heterocycles. The second-order valence-corrected chi connectivity index (χ2v) is 12.8. The minimum absolute atomic E-state index is 0.0124. The van der Waals surface area contributed by atoms with Crippen LogP contribution in [0.5, 0.6) is 0 Å². The highest BCUT2D eigenvalue weighted by atomic mass is 35.5. The van der Waals surface area contributed by atoms with Gasteiger partial charge in [-0.1, -0.05) is 52.9 Å². The van der Waals surface area contributed by atoms with Gasteiger partial charge in [-0.25, -0.2) is 8.42 Å². The number of hydrogen-bond acceptors (Lipinski definition) is 7. The molecular formula is C27H22Cl3N3O4S. The van der Waals surface area contributed by atoms with E-state index in [9.17, 15) is 13.2 Å². The van der Waals surface area contributed by atoms with Crippen molar-refractivity contribution in [1.29, 1.82) is 0 Å². The number of pyridine rings is 1. The first kappa shape index (κ1) is 26.8. The van der Waals surface area contributed by atoms with Crippen molar-refractivity contribution in [3.63, 3.8) is 0 Å². The summed E-state index contributed by atoms with van der Waals surface area (Å²) in [6.07, 6.45) is 2.96. The molecule has 2 heterocycles. The van der Waals surface area contributed by atoms with Gasteiger partial charge in [-0.05, 0) is 60.9 Å². The smallest absolute Gasteiger partial charge is 0.258 e. The van der Waals surface area contributed by atoms with E-state index in [2.05, 4.69) is 15.1 Å². The molecule has 11 heteroatoms. The summed E-state index contributed by atoms with van der Waals surface area (Å²) in [6.45, 7) is 1.57. The zero-order valence-corrected chi connectivity index (χ0v) is 23.3. The molecule has 1 saturated carbocycles. The van der Waals surface area contributed by atoms with Crippen molar-refractivity contribution >= 4 is 50.4 Å². The number of carbonyl (C=O) groups is 1. The Morgan fingerprint density at radius 2 is 1.76 bits per heavy atom. The van der Waals surface area contributed by atoms with Crippen LogP contribution in [-0.4, -0.2) is 35.1 Å². The molecular weight excluding hydrogens is 569 g/mol. The molecule has 2 aromatic heterocycles. The number of rotatable bonds is 9. The van der Waals surface area contributed by atoms with Crippen molar-refractivity contribution in [2.45, 2.75) is 42.9 Å². The largest absolute Gasteiger partial charge is 0.334 e. The van der Waals surface area contributed by atoms with Crippen LogP contribution in [0.1, 0.15) is 42.4 Å². The first-order valence-electron chi connectivity index (χ1n) is 11.9. The first-order chi connectivity index (χ1) is 18.1. The van der Waals surface area contributed by atoms with Crippen LogP contribution in [0.4, 0.5) is 0 Å². The third kappa shape index (κ3) is 5.36. The molecule has 0 bridgehead atoms. The van der Waals surface area contributed by atoms with E-state index in [4.69, 9.17) is 39.3 Å². The van der Waals surface area contributed by atoms with Crippen LogP contribution in [0.3, 0.4) is 0 Å². The molecule has 1 aliphatic carbocycles. The number of sulfone groups is 1. The second kappa shape index (κ2) is 10.4. The molecule has 196 valence electrons. The molecule has 5 rings (SSSR count). The molecule has 0 N–H and O–H groups in total. The summed E-state index contributed by atoms with van der Waals surface area (Å²) in [7, 11) is -3.34. The van der Waals surface area contributed by atoms with Crippen molar-refractivity contribution in [2.24, 2.45) is 0 Å². The van der Waals surface area contributed by atoms with Crippen molar-refractivity contribution in [1.82, 2.24) is 15.1 Å². The minimum Gasteiger partial charge on any atom is -0.334 e. The highest BCUT2D eigenvalue weighted by Gasteiger charge is 2.52. The van der Waals surface area contributed by atoms with Gasteiger partial charge in [0.2, 0.25) is 0 Å². The summed E-state index contributed by atoms with van der Waals surface area (Å²) in [5.41, 5.74) is 2.03. The lowest BCUT2D eigenvalue weighted by molar-refractivity contribution is -0.117. The Bertz CT molecular complexity index is 1610. The van der Waals surface area contributed by atoms with Gasteiger partial charge in [0, 0.05) is 50.9 Å². The second-order valence-electron chi connectivity index (χ2n) is 9.23. The van der Waals surface area contributed by atoms with E-state index in [0.717, 1.165) is 12.8 Å². The number of nitrogens with zero attached hydrogens (tertiary/aromatic N) is 3.